The van der Waals surface area contributed by atoms with Gasteiger partial charge in [0.1, 0.15) is 11.4 Å². The Kier molecular flexibility index (Phi) is 3.71. The molecule has 2 rings (SSSR count). The number of nitrogens with one attached hydrogen (secondary N) is 2. The monoisotopic (exact) mass is 280 g/mol. The highest BCUT2D eigenvalue weighted by Gasteiger charge is 2.09. The van der Waals surface area contributed by atoms with Crippen LogP contribution in [0, 0.1) is 13.8 Å². The molecule has 0 saturated heterocycles. The summed E-state index contributed by atoms with van der Waals surface area (Å²) in [6, 6.07) is 3.50. The van der Waals surface area contributed by atoms with E-state index >= 15 is 0 Å². The number of aromatic amines is 1. The number of halogens is 1. The van der Waals surface area contributed by atoms with Crippen LogP contribution in [0.4, 0.5) is 11.6 Å². The van der Waals surface area contributed by atoms with E-state index in [9.17, 15) is 4.79 Å². The van der Waals surface area contributed by atoms with Gasteiger partial charge in [0.2, 0.25) is 5.95 Å². The van der Waals surface area contributed by atoms with Gasteiger partial charge in [-0.25, -0.2) is 0 Å². The SMILES string of the molecule is COc1cc(Cl)c(C)cc1Nc1nnc(C)c(=O)[nH]1. The second kappa shape index (κ2) is 5.27. The molecule has 7 heteroatoms. The zero-order valence-corrected chi connectivity index (χ0v) is 11.5. The smallest absolute Gasteiger partial charge is 0.273 e. The van der Waals surface area contributed by atoms with Gasteiger partial charge in [0.25, 0.3) is 5.56 Å². The molecule has 0 aliphatic rings. The van der Waals surface area contributed by atoms with E-state index in [0.717, 1.165) is 5.56 Å². The summed E-state index contributed by atoms with van der Waals surface area (Å²) in [4.78, 5) is 14.0. The van der Waals surface area contributed by atoms with Gasteiger partial charge in [-0.3, -0.25) is 9.78 Å². The van der Waals surface area contributed by atoms with Crippen LogP contribution < -0.4 is 15.6 Å². The van der Waals surface area contributed by atoms with E-state index in [1.807, 2.05) is 6.92 Å². The summed E-state index contributed by atoms with van der Waals surface area (Å²) in [7, 11) is 1.54. The lowest BCUT2D eigenvalue weighted by molar-refractivity contribution is 0.416. The Balaban J connectivity index is 2.39. The molecule has 19 heavy (non-hydrogen) atoms. The quantitative estimate of drug-likeness (QED) is 0.901. The molecule has 0 radical (unpaired) electrons. The zero-order chi connectivity index (χ0) is 14.0. The van der Waals surface area contributed by atoms with E-state index < -0.39 is 0 Å². The van der Waals surface area contributed by atoms with Crippen molar-refractivity contribution in [1.82, 2.24) is 15.2 Å². The van der Waals surface area contributed by atoms with E-state index in [1.165, 1.54) is 7.11 Å². The van der Waals surface area contributed by atoms with Gasteiger partial charge in [-0.15, -0.1) is 10.2 Å². The average molecular weight is 281 g/mol. The molecular formula is C12H13ClN4O2. The third-order valence-corrected chi connectivity index (χ3v) is 3.00. The first kappa shape index (κ1) is 13.4. The third kappa shape index (κ3) is 2.85. The van der Waals surface area contributed by atoms with Gasteiger partial charge in [-0.1, -0.05) is 11.6 Å². The number of methoxy groups -OCH3 is 1. The molecule has 0 saturated carbocycles. The highest BCUT2D eigenvalue weighted by atomic mass is 35.5. The number of H-pyrrole nitrogens is 1. The largest absolute Gasteiger partial charge is 0.495 e. The van der Waals surface area contributed by atoms with Gasteiger partial charge in [0.05, 0.1) is 12.8 Å². The summed E-state index contributed by atoms with van der Waals surface area (Å²) in [5.41, 5.74) is 1.55. The van der Waals surface area contributed by atoms with Gasteiger partial charge >= 0.3 is 0 Å². The summed E-state index contributed by atoms with van der Waals surface area (Å²) in [5.74, 6) is 0.800. The molecular weight excluding hydrogens is 268 g/mol. The van der Waals surface area contributed by atoms with Crippen LogP contribution in [-0.4, -0.2) is 22.3 Å². The molecule has 0 amide bonds. The van der Waals surface area contributed by atoms with Crippen LogP contribution >= 0.6 is 11.6 Å². The molecule has 2 N–H and O–H groups in total. The molecule has 2 aromatic rings. The van der Waals surface area contributed by atoms with Crippen molar-refractivity contribution in [3.8, 4) is 5.75 Å². The van der Waals surface area contributed by atoms with Crippen LogP contribution in [0.3, 0.4) is 0 Å². The molecule has 0 fully saturated rings. The molecule has 100 valence electrons. The van der Waals surface area contributed by atoms with Crippen LogP contribution in [0.5, 0.6) is 5.75 Å². The van der Waals surface area contributed by atoms with Crippen LogP contribution in [-0.2, 0) is 0 Å². The van der Waals surface area contributed by atoms with Crippen molar-refractivity contribution in [2.24, 2.45) is 0 Å². The topological polar surface area (TPSA) is 79.9 Å². The number of ether oxygens (including phenoxy) is 1. The van der Waals surface area contributed by atoms with E-state index in [1.54, 1.807) is 19.1 Å². The molecule has 1 aromatic heterocycles. The van der Waals surface area contributed by atoms with E-state index in [4.69, 9.17) is 16.3 Å². The molecule has 1 aromatic carbocycles. The Morgan fingerprint density at radius 1 is 1.32 bits per heavy atom. The highest BCUT2D eigenvalue weighted by molar-refractivity contribution is 6.31. The predicted octanol–water partition coefficient (Wildman–Crippen LogP) is 2.19. The molecule has 1 heterocycles. The number of hydrogen-bond donors (Lipinski definition) is 2. The minimum absolute atomic E-state index is 0.246. The molecule has 0 atom stereocenters. The first-order chi connectivity index (χ1) is 9.01. The molecule has 0 bridgehead atoms. The van der Waals surface area contributed by atoms with Crippen molar-refractivity contribution in [3.05, 3.63) is 38.8 Å². The van der Waals surface area contributed by atoms with Gasteiger partial charge in [-0.05, 0) is 25.5 Å². The maximum Gasteiger partial charge on any atom is 0.273 e. The normalized spacial score (nSPS) is 10.3. The van der Waals surface area contributed by atoms with Crippen molar-refractivity contribution < 1.29 is 4.74 Å². The van der Waals surface area contributed by atoms with Crippen molar-refractivity contribution in [2.45, 2.75) is 13.8 Å². The number of rotatable bonds is 3. The molecule has 6 nitrogen and oxygen atoms in total. The molecule has 0 unspecified atom stereocenters. The van der Waals surface area contributed by atoms with Crippen molar-refractivity contribution in [1.29, 1.82) is 0 Å². The van der Waals surface area contributed by atoms with Gasteiger partial charge < -0.3 is 10.1 Å². The molecule has 0 aliphatic carbocycles. The van der Waals surface area contributed by atoms with Crippen molar-refractivity contribution in [2.75, 3.05) is 12.4 Å². The number of aromatic nitrogens is 3. The fraction of sp³-hybridized carbons (Fsp3) is 0.250. The maximum absolute atomic E-state index is 11.5. The lowest BCUT2D eigenvalue weighted by Crippen LogP contribution is -2.15. The minimum Gasteiger partial charge on any atom is -0.495 e. The third-order valence-electron chi connectivity index (χ3n) is 2.59. The average Bonchev–Trinajstić information content (AvgIpc) is 2.38. The number of nitrogens with zero attached hydrogens (tertiary/aromatic N) is 2. The molecule has 0 spiro atoms. The summed E-state index contributed by atoms with van der Waals surface area (Å²) < 4.78 is 5.22. The number of anilines is 2. The number of aryl methyl sites for hydroxylation is 2. The second-order valence-corrected chi connectivity index (χ2v) is 4.42. The summed E-state index contributed by atoms with van der Waals surface area (Å²) in [5, 5.41) is 11.2. The fourth-order valence-electron chi connectivity index (χ4n) is 1.51. The standard InChI is InChI=1S/C12H13ClN4O2/c1-6-4-9(10(19-3)5-8(6)13)14-12-15-11(18)7(2)16-17-12/h4-5H,1-3H3,(H2,14,15,17,18). The van der Waals surface area contributed by atoms with Gasteiger partial charge in [0, 0.05) is 11.1 Å². The Morgan fingerprint density at radius 3 is 2.68 bits per heavy atom. The lowest BCUT2D eigenvalue weighted by atomic mass is 10.2. The Morgan fingerprint density at radius 2 is 2.05 bits per heavy atom. The van der Waals surface area contributed by atoms with Crippen LogP contribution in [0.25, 0.3) is 0 Å². The van der Waals surface area contributed by atoms with Gasteiger partial charge in [0.15, 0.2) is 0 Å². The van der Waals surface area contributed by atoms with Crippen LogP contribution in [0.1, 0.15) is 11.3 Å². The van der Waals surface area contributed by atoms with Crippen LogP contribution in [0.2, 0.25) is 5.02 Å². The van der Waals surface area contributed by atoms with E-state index in [2.05, 4.69) is 20.5 Å². The molecule has 0 aliphatic heterocycles. The van der Waals surface area contributed by atoms with E-state index in [0.29, 0.717) is 22.2 Å². The number of hydrogen-bond acceptors (Lipinski definition) is 5. The Labute approximate surface area is 114 Å². The van der Waals surface area contributed by atoms with E-state index in [-0.39, 0.29) is 11.5 Å². The first-order valence-electron chi connectivity index (χ1n) is 5.56. The lowest BCUT2D eigenvalue weighted by Gasteiger charge is -2.12. The first-order valence-corrected chi connectivity index (χ1v) is 5.94. The second-order valence-electron chi connectivity index (χ2n) is 4.01. The zero-order valence-electron chi connectivity index (χ0n) is 10.7. The van der Waals surface area contributed by atoms with Crippen molar-refractivity contribution >= 4 is 23.2 Å². The minimum atomic E-state index is -0.290. The summed E-state index contributed by atoms with van der Waals surface area (Å²) in [6.07, 6.45) is 0. The highest BCUT2D eigenvalue weighted by Crippen LogP contribution is 2.31. The Hall–Kier alpha value is -2.08. The Bertz CT molecular complexity index is 669. The maximum atomic E-state index is 11.5. The summed E-state index contributed by atoms with van der Waals surface area (Å²) in [6.45, 7) is 3.46. The van der Waals surface area contributed by atoms with Crippen LogP contribution in [0.15, 0.2) is 16.9 Å². The summed E-state index contributed by atoms with van der Waals surface area (Å²) >= 11 is 6.02. The predicted molar refractivity (Wildman–Crippen MR) is 73.4 cm³/mol. The fourth-order valence-corrected chi connectivity index (χ4v) is 1.66. The van der Waals surface area contributed by atoms with Gasteiger partial charge in [-0.2, -0.15) is 0 Å². The number of benzene rings is 1. The van der Waals surface area contributed by atoms with Crippen molar-refractivity contribution in [3.63, 3.8) is 0 Å².